The topological polar surface area (TPSA) is 0 Å². The van der Waals surface area contributed by atoms with Crippen LogP contribution in [-0.2, 0) is 12.6 Å². The fourth-order valence-electron chi connectivity index (χ4n) is 1.11. The van der Waals surface area contributed by atoms with E-state index in [4.69, 9.17) is 0 Å². The molecule has 0 atom stereocenters. The molecule has 0 aromatic heterocycles. The molecule has 0 aliphatic rings. The van der Waals surface area contributed by atoms with Gasteiger partial charge in [0.1, 0.15) is 0 Å². The van der Waals surface area contributed by atoms with Gasteiger partial charge in [0.25, 0.3) is 0 Å². The third kappa shape index (κ3) is 1.78. The van der Waals surface area contributed by atoms with E-state index in [9.17, 15) is 13.2 Å². The van der Waals surface area contributed by atoms with Crippen molar-refractivity contribution in [3.8, 4) is 0 Å². The van der Waals surface area contributed by atoms with Gasteiger partial charge in [0.05, 0.1) is 5.56 Å². The molecule has 0 aliphatic carbocycles. The van der Waals surface area contributed by atoms with Gasteiger partial charge in [-0.15, -0.1) is 0 Å². The summed E-state index contributed by atoms with van der Waals surface area (Å²) in [6.45, 7) is 1.71. The number of rotatable bonds is 1. The van der Waals surface area contributed by atoms with E-state index >= 15 is 0 Å². The minimum Gasteiger partial charge on any atom is -0.166 e. The van der Waals surface area contributed by atoms with Gasteiger partial charge in [-0.2, -0.15) is 13.2 Å². The molecule has 0 fully saturated rings. The molecule has 1 aromatic rings. The van der Waals surface area contributed by atoms with Gasteiger partial charge in [-0.25, -0.2) is 0 Å². The van der Waals surface area contributed by atoms with Crippen LogP contribution in [-0.4, -0.2) is 0 Å². The quantitative estimate of drug-likeness (QED) is 0.613. The molecule has 3 heteroatoms. The van der Waals surface area contributed by atoms with Gasteiger partial charge in [0.2, 0.25) is 0 Å². The molecule has 0 aliphatic heterocycles. The average Bonchev–Trinajstić information content (AvgIpc) is 2.03. The van der Waals surface area contributed by atoms with E-state index in [0.717, 1.165) is 6.07 Å². The van der Waals surface area contributed by atoms with Crippen LogP contribution in [0.2, 0.25) is 0 Å². The molecule has 0 N–H and O–H groups in total. The minimum atomic E-state index is -4.22. The summed E-state index contributed by atoms with van der Waals surface area (Å²) in [5.41, 5.74) is -0.169. The van der Waals surface area contributed by atoms with Crippen molar-refractivity contribution in [2.24, 2.45) is 0 Å². The molecular formula is C9H9F3. The van der Waals surface area contributed by atoms with Crippen molar-refractivity contribution in [1.29, 1.82) is 0 Å². The van der Waals surface area contributed by atoms with Gasteiger partial charge in [0, 0.05) is 0 Å². The summed E-state index contributed by atoms with van der Waals surface area (Å²) in [5, 5.41) is 0. The second kappa shape index (κ2) is 3.17. The smallest absolute Gasteiger partial charge is 0.166 e. The Morgan fingerprint density at radius 3 is 2.17 bits per heavy atom. The van der Waals surface area contributed by atoms with Gasteiger partial charge in [-0.05, 0) is 18.1 Å². The van der Waals surface area contributed by atoms with E-state index in [1.54, 1.807) is 13.0 Å². The lowest BCUT2D eigenvalue weighted by molar-refractivity contribution is -0.138. The Labute approximate surface area is 69.0 Å². The molecule has 1 aromatic carbocycles. The number of benzene rings is 1. The molecule has 0 nitrogen and oxygen atoms in total. The van der Waals surface area contributed by atoms with Crippen molar-refractivity contribution >= 4 is 0 Å². The zero-order valence-corrected chi connectivity index (χ0v) is 6.65. The standard InChI is InChI=1S/C9H9F3/c1-2-7-5-3-4-6-8(7)9(10,11)12/h3-6H,2H2,1H3. The number of hydrogen-bond donors (Lipinski definition) is 0. The summed E-state index contributed by atoms with van der Waals surface area (Å²) >= 11 is 0. The van der Waals surface area contributed by atoms with Crippen LogP contribution in [0.25, 0.3) is 0 Å². The lowest BCUT2D eigenvalue weighted by Gasteiger charge is -2.10. The van der Waals surface area contributed by atoms with Crippen LogP contribution < -0.4 is 0 Å². The Kier molecular flexibility index (Phi) is 2.40. The van der Waals surface area contributed by atoms with Gasteiger partial charge < -0.3 is 0 Å². The Morgan fingerprint density at radius 1 is 1.17 bits per heavy atom. The summed E-state index contributed by atoms with van der Waals surface area (Å²) < 4.78 is 36.7. The summed E-state index contributed by atoms with van der Waals surface area (Å²) in [5.74, 6) is 0. The number of halogens is 3. The molecule has 0 saturated heterocycles. The molecule has 0 spiro atoms. The lowest BCUT2D eigenvalue weighted by atomic mass is 10.1. The predicted molar refractivity (Wildman–Crippen MR) is 40.8 cm³/mol. The highest BCUT2D eigenvalue weighted by molar-refractivity contribution is 5.29. The molecule has 0 amide bonds. The molecule has 0 heterocycles. The predicted octanol–water partition coefficient (Wildman–Crippen LogP) is 3.27. The highest BCUT2D eigenvalue weighted by atomic mass is 19.4. The second-order valence-corrected chi connectivity index (χ2v) is 2.51. The largest absolute Gasteiger partial charge is 0.416 e. The molecule has 1 rings (SSSR count). The number of aryl methyl sites for hydroxylation is 1. The van der Waals surface area contributed by atoms with Crippen molar-refractivity contribution in [3.63, 3.8) is 0 Å². The first-order valence-corrected chi connectivity index (χ1v) is 3.70. The molecule has 0 radical (unpaired) electrons. The van der Waals surface area contributed by atoms with Crippen LogP contribution in [0.3, 0.4) is 0 Å². The summed E-state index contributed by atoms with van der Waals surface area (Å²) in [6, 6.07) is 5.64. The van der Waals surface area contributed by atoms with E-state index < -0.39 is 11.7 Å². The molecular weight excluding hydrogens is 165 g/mol. The lowest BCUT2D eigenvalue weighted by Crippen LogP contribution is -2.08. The van der Waals surface area contributed by atoms with E-state index in [1.807, 2.05) is 0 Å². The van der Waals surface area contributed by atoms with Crippen LogP contribution >= 0.6 is 0 Å². The highest BCUT2D eigenvalue weighted by Crippen LogP contribution is 2.31. The fraction of sp³-hybridized carbons (Fsp3) is 0.333. The first kappa shape index (κ1) is 9.10. The Balaban J connectivity index is 3.14. The second-order valence-electron chi connectivity index (χ2n) is 2.51. The monoisotopic (exact) mass is 174 g/mol. The van der Waals surface area contributed by atoms with Crippen LogP contribution in [0, 0.1) is 0 Å². The van der Waals surface area contributed by atoms with Gasteiger partial charge >= 0.3 is 6.18 Å². The van der Waals surface area contributed by atoms with E-state index in [2.05, 4.69) is 0 Å². The molecule has 66 valence electrons. The van der Waals surface area contributed by atoms with Gasteiger partial charge in [0.15, 0.2) is 0 Å². The zero-order chi connectivity index (χ0) is 9.19. The minimum absolute atomic E-state index is 0.352. The normalized spacial score (nSPS) is 11.7. The first-order chi connectivity index (χ1) is 5.55. The van der Waals surface area contributed by atoms with Crippen molar-refractivity contribution in [1.82, 2.24) is 0 Å². The van der Waals surface area contributed by atoms with Crippen molar-refractivity contribution in [2.75, 3.05) is 0 Å². The third-order valence-corrected chi connectivity index (χ3v) is 1.70. The average molecular weight is 174 g/mol. The van der Waals surface area contributed by atoms with Crippen LogP contribution in [0.1, 0.15) is 18.1 Å². The fourth-order valence-corrected chi connectivity index (χ4v) is 1.11. The maximum atomic E-state index is 12.2. The summed E-state index contributed by atoms with van der Waals surface area (Å²) in [4.78, 5) is 0. The molecule has 0 bridgehead atoms. The van der Waals surface area contributed by atoms with Crippen LogP contribution in [0.4, 0.5) is 13.2 Å². The summed E-state index contributed by atoms with van der Waals surface area (Å²) in [7, 11) is 0. The van der Waals surface area contributed by atoms with E-state index in [1.165, 1.54) is 12.1 Å². The highest BCUT2D eigenvalue weighted by Gasteiger charge is 2.32. The Hall–Kier alpha value is -0.990. The van der Waals surface area contributed by atoms with Crippen molar-refractivity contribution in [2.45, 2.75) is 19.5 Å². The first-order valence-electron chi connectivity index (χ1n) is 3.70. The van der Waals surface area contributed by atoms with E-state index in [-0.39, 0.29) is 0 Å². The SMILES string of the molecule is CCc1ccccc1C(F)(F)F. The van der Waals surface area contributed by atoms with Crippen molar-refractivity contribution in [3.05, 3.63) is 35.4 Å². The van der Waals surface area contributed by atoms with Crippen LogP contribution in [0.15, 0.2) is 24.3 Å². The number of hydrogen-bond acceptors (Lipinski definition) is 0. The summed E-state index contributed by atoms with van der Waals surface area (Å²) in [6.07, 6.45) is -3.80. The van der Waals surface area contributed by atoms with Crippen molar-refractivity contribution < 1.29 is 13.2 Å². The zero-order valence-electron chi connectivity index (χ0n) is 6.65. The molecule has 0 unspecified atom stereocenters. The van der Waals surface area contributed by atoms with Crippen LogP contribution in [0.5, 0.6) is 0 Å². The molecule has 12 heavy (non-hydrogen) atoms. The van der Waals surface area contributed by atoms with Gasteiger partial charge in [-0.3, -0.25) is 0 Å². The molecule has 0 saturated carbocycles. The van der Waals surface area contributed by atoms with E-state index in [0.29, 0.717) is 12.0 Å². The Bertz CT molecular complexity index is 263. The Morgan fingerprint density at radius 2 is 1.75 bits per heavy atom. The maximum absolute atomic E-state index is 12.2. The third-order valence-electron chi connectivity index (χ3n) is 1.70. The number of alkyl halides is 3. The van der Waals surface area contributed by atoms with Gasteiger partial charge in [-0.1, -0.05) is 25.1 Å². The maximum Gasteiger partial charge on any atom is 0.416 e.